The van der Waals surface area contributed by atoms with Crippen molar-refractivity contribution >= 4 is 47.2 Å². The fourth-order valence-corrected chi connectivity index (χ4v) is 4.32. The Labute approximate surface area is 197 Å². The number of carbonyl (C=O) groups is 6. The zero-order chi connectivity index (χ0) is 25.0. The Bertz CT molecular complexity index is 745. The molecule has 1 unspecified atom stereocenters. The van der Waals surface area contributed by atoms with Gasteiger partial charge in [0.05, 0.1) is 30.9 Å². The van der Waals surface area contributed by atoms with E-state index in [2.05, 4.69) is 5.32 Å². The lowest BCUT2D eigenvalue weighted by molar-refractivity contribution is -0.145. The Kier molecular flexibility index (Phi) is 12.7. The molecule has 1 aliphatic heterocycles. The molecule has 0 spiro atoms. The van der Waals surface area contributed by atoms with E-state index < -0.39 is 41.0 Å². The number of esters is 2. The number of nitrogens with zero attached hydrogens (tertiary/aromatic N) is 1. The SMILES string of the molecule is CCOC(=O)CCC(=O)[C@H](CSC1CC(=O)N(CC)C1=O)NC(=O)CC[C@H](N)C(=O)OCC. The van der Waals surface area contributed by atoms with E-state index in [0.717, 1.165) is 16.7 Å². The largest absolute Gasteiger partial charge is 0.466 e. The molecule has 0 aromatic rings. The molecule has 1 aliphatic rings. The molecule has 1 saturated heterocycles. The monoisotopic (exact) mass is 487 g/mol. The molecule has 1 fully saturated rings. The fraction of sp³-hybridized carbons (Fsp3) is 0.714. The summed E-state index contributed by atoms with van der Waals surface area (Å²) in [5.41, 5.74) is 5.70. The van der Waals surface area contributed by atoms with Crippen LogP contribution in [0, 0.1) is 0 Å². The molecule has 0 bridgehead atoms. The number of imide groups is 1. The number of carbonyl (C=O) groups excluding carboxylic acids is 6. The molecule has 3 amide bonds. The van der Waals surface area contributed by atoms with Crippen molar-refractivity contribution in [3.05, 3.63) is 0 Å². The van der Waals surface area contributed by atoms with Gasteiger partial charge in [0.1, 0.15) is 6.04 Å². The highest BCUT2D eigenvalue weighted by atomic mass is 32.2. The van der Waals surface area contributed by atoms with E-state index >= 15 is 0 Å². The second kappa shape index (κ2) is 14.6. The maximum atomic E-state index is 12.7. The predicted molar refractivity (Wildman–Crippen MR) is 120 cm³/mol. The van der Waals surface area contributed by atoms with Crippen molar-refractivity contribution in [2.24, 2.45) is 5.73 Å². The van der Waals surface area contributed by atoms with E-state index in [1.807, 2.05) is 0 Å². The second-order valence-corrected chi connectivity index (χ2v) is 8.53. The van der Waals surface area contributed by atoms with Crippen molar-refractivity contribution in [3.63, 3.8) is 0 Å². The number of nitrogens with two attached hydrogens (primary N) is 1. The van der Waals surface area contributed by atoms with E-state index in [1.165, 1.54) is 0 Å². The summed E-state index contributed by atoms with van der Waals surface area (Å²) >= 11 is 1.11. The van der Waals surface area contributed by atoms with E-state index in [-0.39, 0.29) is 69.4 Å². The molecule has 3 N–H and O–H groups in total. The first-order chi connectivity index (χ1) is 15.6. The first kappa shape index (κ1) is 28.6. The summed E-state index contributed by atoms with van der Waals surface area (Å²) in [6.07, 6.45) is -0.337. The van der Waals surface area contributed by atoms with Gasteiger partial charge >= 0.3 is 11.9 Å². The number of amides is 3. The molecule has 186 valence electrons. The van der Waals surface area contributed by atoms with Gasteiger partial charge < -0.3 is 20.5 Å². The van der Waals surface area contributed by atoms with Crippen LogP contribution in [0.5, 0.6) is 0 Å². The minimum Gasteiger partial charge on any atom is -0.466 e. The van der Waals surface area contributed by atoms with Crippen LogP contribution in [0.3, 0.4) is 0 Å². The fourth-order valence-electron chi connectivity index (χ4n) is 3.10. The van der Waals surface area contributed by atoms with Gasteiger partial charge in [-0.25, -0.2) is 0 Å². The molecule has 11 nitrogen and oxygen atoms in total. The van der Waals surface area contributed by atoms with Crippen molar-refractivity contribution in [2.75, 3.05) is 25.5 Å². The summed E-state index contributed by atoms with van der Waals surface area (Å²) < 4.78 is 9.62. The summed E-state index contributed by atoms with van der Waals surface area (Å²) in [6, 6.07) is -1.94. The van der Waals surface area contributed by atoms with Crippen molar-refractivity contribution < 1.29 is 38.2 Å². The van der Waals surface area contributed by atoms with Gasteiger partial charge in [-0.1, -0.05) is 0 Å². The number of hydrogen-bond acceptors (Lipinski definition) is 10. The van der Waals surface area contributed by atoms with Crippen LogP contribution >= 0.6 is 11.8 Å². The topological polar surface area (TPSA) is 162 Å². The number of thioether (sulfide) groups is 1. The average Bonchev–Trinajstić information content (AvgIpc) is 3.05. The van der Waals surface area contributed by atoms with Gasteiger partial charge in [0.25, 0.3) is 0 Å². The molecule has 3 atom stereocenters. The normalized spacial score (nSPS) is 17.5. The Hall–Kier alpha value is -2.47. The zero-order valence-corrected chi connectivity index (χ0v) is 20.1. The number of Topliss-reactive ketones (excluding diaryl/α,β-unsaturated/α-hetero) is 1. The third kappa shape index (κ3) is 9.50. The van der Waals surface area contributed by atoms with E-state index in [4.69, 9.17) is 15.2 Å². The van der Waals surface area contributed by atoms with Crippen LogP contribution < -0.4 is 11.1 Å². The maximum absolute atomic E-state index is 12.7. The first-order valence-electron chi connectivity index (χ1n) is 11.0. The van der Waals surface area contributed by atoms with Gasteiger partial charge in [-0.15, -0.1) is 11.8 Å². The van der Waals surface area contributed by atoms with Crippen molar-refractivity contribution in [1.29, 1.82) is 0 Å². The Balaban J connectivity index is 2.72. The molecule has 1 rings (SSSR count). The van der Waals surface area contributed by atoms with Gasteiger partial charge in [0, 0.05) is 31.6 Å². The highest BCUT2D eigenvalue weighted by molar-refractivity contribution is 8.00. The highest BCUT2D eigenvalue weighted by Crippen LogP contribution is 2.26. The van der Waals surface area contributed by atoms with Crippen LogP contribution in [0.4, 0.5) is 0 Å². The lowest BCUT2D eigenvalue weighted by Gasteiger charge is -2.19. The smallest absolute Gasteiger partial charge is 0.322 e. The van der Waals surface area contributed by atoms with E-state index in [0.29, 0.717) is 0 Å². The van der Waals surface area contributed by atoms with Gasteiger partial charge in [-0.3, -0.25) is 33.7 Å². The molecule has 0 aromatic carbocycles. The summed E-state index contributed by atoms with van der Waals surface area (Å²) in [7, 11) is 0. The summed E-state index contributed by atoms with van der Waals surface area (Å²) in [5.74, 6) is -2.60. The quantitative estimate of drug-likeness (QED) is 0.236. The zero-order valence-electron chi connectivity index (χ0n) is 19.3. The number of rotatable bonds is 15. The molecule has 0 aromatic heterocycles. The molecule has 33 heavy (non-hydrogen) atoms. The van der Waals surface area contributed by atoms with Gasteiger partial charge in [0.15, 0.2) is 5.78 Å². The van der Waals surface area contributed by atoms with Crippen LogP contribution in [-0.2, 0) is 38.2 Å². The predicted octanol–water partition coefficient (Wildman–Crippen LogP) is -0.0652. The van der Waals surface area contributed by atoms with Crippen LogP contribution in [0.25, 0.3) is 0 Å². The summed E-state index contributed by atoms with van der Waals surface area (Å²) in [6.45, 7) is 5.63. The van der Waals surface area contributed by atoms with Gasteiger partial charge in [-0.05, 0) is 27.2 Å². The van der Waals surface area contributed by atoms with Crippen molar-refractivity contribution in [3.8, 4) is 0 Å². The highest BCUT2D eigenvalue weighted by Gasteiger charge is 2.38. The molecular weight excluding hydrogens is 454 g/mol. The average molecular weight is 488 g/mol. The molecule has 0 aliphatic carbocycles. The number of likely N-dealkylation sites (tertiary alicyclic amines) is 1. The third-order valence-corrected chi connectivity index (χ3v) is 6.16. The first-order valence-corrected chi connectivity index (χ1v) is 12.0. The van der Waals surface area contributed by atoms with E-state index in [9.17, 15) is 28.8 Å². The maximum Gasteiger partial charge on any atom is 0.322 e. The van der Waals surface area contributed by atoms with Crippen LogP contribution in [0.1, 0.15) is 52.9 Å². The molecule has 0 radical (unpaired) electrons. The summed E-state index contributed by atoms with van der Waals surface area (Å²) in [5, 5.41) is 1.96. The molecule has 0 saturated carbocycles. The number of hydrogen-bond donors (Lipinski definition) is 2. The minimum atomic E-state index is -0.977. The third-order valence-electron chi connectivity index (χ3n) is 4.86. The molecule has 12 heteroatoms. The van der Waals surface area contributed by atoms with Crippen molar-refractivity contribution in [2.45, 2.75) is 70.2 Å². The lowest BCUT2D eigenvalue weighted by Crippen LogP contribution is -2.44. The lowest BCUT2D eigenvalue weighted by atomic mass is 10.1. The number of ether oxygens (including phenoxy) is 2. The number of ketones is 1. The molecule has 1 heterocycles. The molecular formula is C21H33N3O8S. The Morgan fingerprint density at radius 3 is 2.33 bits per heavy atom. The Morgan fingerprint density at radius 2 is 1.76 bits per heavy atom. The summed E-state index contributed by atoms with van der Waals surface area (Å²) in [4.78, 5) is 73.7. The van der Waals surface area contributed by atoms with Crippen molar-refractivity contribution in [1.82, 2.24) is 10.2 Å². The van der Waals surface area contributed by atoms with Crippen LogP contribution in [-0.4, -0.2) is 83.2 Å². The second-order valence-electron chi connectivity index (χ2n) is 7.29. The van der Waals surface area contributed by atoms with E-state index in [1.54, 1.807) is 20.8 Å². The standard InChI is InChI=1S/C21H33N3O8S/c1-4-24-18(27)11-16(20(24)29)33-12-14(15(25)8-10-19(28)31-5-2)23-17(26)9-7-13(22)21(30)32-6-3/h13-14,16H,4-12,22H2,1-3H3,(H,23,26)/t13-,14-,16?/m0/s1. The number of nitrogens with one attached hydrogen (secondary N) is 1. The minimum absolute atomic E-state index is 0.0304. The van der Waals surface area contributed by atoms with Gasteiger partial charge in [-0.2, -0.15) is 0 Å². The Morgan fingerprint density at radius 1 is 1.09 bits per heavy atom. The van der Waals surface area contributed by atoms with Crippen LogP contribution in [0.15, 0.2) is 0 Å². The van der Waals surface area contributed by atoms with Gasteiger partial charge in [0.2, 0.25) is 17.7 Å². The van der Waals surface area contributed by atoms with Crippen LogP contribution in [0.2, 0.25) is 0 Å².